The Morgan fingerprint density at radius 1 is 1.45 bits per heavy atom. The molecule has 0 radical (unpaired) electrons. The van der Waals surface area contributed by atoms with Crippen molar-refractivity contribution in [1.82, 2.24) is 10.3 Å². The fourth-order valence-corrected chi connectivity index (χ4v) is 2.47. The summed E-state index contributed by atoms with van der Waals surface area (Å²) >= 11 is 0. The van der Waals surface area contributed by atoms with Gasteiger partial charge in [-0.15, -0.1) is 0 Å². The van der Waals surface area contributed by atoms with Crippen molar-refractivity contribution in [3.05, 3.63) is 29.5 Å². The van der Waals surface area contributed by atoms with E-state index in [9.17, 15) is 4.79 Å². The van der Waals surface area contributed by atoms with E-state index in [1.165, 1.54) is 10.9 Å². The molecular weight excluding hydrogens is 252 g/mol. The summed E-state index contributed by atoms with van der Waals surface area (Å²) in [6, 6.07) is 5.99. The maximum absolute atomic E-state index is 12.0. The van der Waals surface area contributed by atoms with Crippen LogP contribution < -0.4 is 10.1 Å². The minimum atomic E-state index is -0.122. The highest BCUT2D eigenvalue weighted by atomic mass is 16.5. The number of hydrogen-bond acceptors (Lipinski definition) is 2. The number of carbonyl (C=O) groups excluding carboxylic acids is 1. The number of fused-ring (bicyclic) bond motifs is 1. The molecule has 0 atom stereocenters. The molecule has 1 saturated carbocycles. The van der Waals surface area contributed by atoms with Gasteiger partial charge in [0.1, 0.15) is 5.75 Å². The van der Waals surface area contributed by atoms with Gasteiger partial charge in [0.05, 0.1) is 13.7 Å². The first-order valence-electron chi connectivity index (χ1n) is 6.97. The third kappa shape index (κ3) is 2.15. The molecule has 1 aromatic heterocycles. The lowest BCUT2D eigenvalue weighted by Crippen LogP contribution is -2.30. The van der Waals surface area contributed by atoms with Gasteiger partial charge in [0, 0.05) is 28.1 Å². The summed E-state index contributed by atoms with van der Waals surface area (Å²) in [6.07, 6.45) is 2.00. The first-order chi connectivity index (χ1) is 9.53. The van der Waals surface area contributed by atoms with Crippen LogP contribution in [-0.4, -0.2) is 18.0 Å². The van der Waals surface area contributed by atoms with Crippen molar-refractivity contribution in [2.45, 2.75) is 33.2 Å². The summed E-state index contributed by atoms with van der Waals surface area (Å²) in [7, 11) is 1.66. The van der Waals surface area contributed by atoms with Crippen molar-refractivity contribution >= 4 is 16.8 Å². The van der Waals surface area contributed by atoms with Gasteiger partial charge in [0.25, 0.3) is 0 Å². The quantitative estimate of drug-likeness (QED) is 0.899. The molecule has 2 N–H and O–H groups in total. The van der Waals surface area contributed by atoms with E-state index in [4.69, 9.17) is 4.74 Å². The van der Waals surface area contributed by atoms with Crippen molar-refractivity contribution in [2.75, 3.05) is 7.11 Å². The Bertz CT molecular complexity index is 668. The molecule has 20 heavy (non-hydrogen) atoms. The van der Waals surface area contributed by atoms with E-state index in [1.807, 2.05) is 25.1 Å². The van der Waals surface area contributed by atoms with E-state index < -0.39 is 0 Å². The Morgan fingerprint density at radius 3 is 2.85 bits per heavy atom. The van der Waals surface area contributed by atoms with Crippen LogP contribution in [0.15, 0.2) is 18.2 Å². The van der Waals surface area contributed by atoms with Crippen molar-refractivity contribution in [2.24, 2.45) is 5.41 Å². The van der Waals surface area contributed by atoms with Crippen LogP contribution in [0.4, 0.5) is 0 Å². The van der Waals surface area contributed by atoms with Crippen LogP contribution in [0.1, 0.15) is 31.0 Å². The molecule has 0 unspecified atom stereocenters. The first kappa shape index (κ1) is 13.0. The number of aromatic amines is 1. The summed E-state index contributed by atoms with van der Waals surface area (Å²) in [4.78, 5) is 15.4. The Labute approximate surface area is 118 Å². The number of rotatable bonds is 4. The van der Waals surface area contributed by atoms with Gasteiger partial charge in [-0.3, -0.25) is 4.79 Å². The molecule has 0 bridgehead atoms. The van der Waals surface area contributed by atoms with Crippen LogP contribution in [0.2, 0.25) is 0 Å². The van der Waals surface area contributed by atoms with Gasteiger partial charge in [-0.1, -0.05) is 6.92 Å². The van der Waals surface area contributed by atoms with E-state index >= 15 is 0 Å². The van der Waals surface area contributed by atoms with E-state index in [0.29, 0.717) is 6.54 Å². The monoisotopic (exact) mass is 272 g/mol. The maximum Gasteiger partial charge on any atom is 0.226 e. The molecule has 4 heteroatoms. The summed E-state index contributed by atoms with van der Waals surface area (Å²) < 4.78 is 5.23. The molecule has 0 saturated heterocycles. The number of aromatic nitrogens is 1. The second-order valence-electron chi connectivity index (χ2n) is 5.88. The van der Waals surface area contributed by atoms with Crippen LogP contribution in [0.5, 0.6) is 5.75 Å². The molecule has 1 heterocycles. The van der Waals surface area contributed by atoms with Crippen molar-refractivity contribution < 1.29 is 9.53 Å². The minimum absolute atomic E-state index is 0.122. The lowest BCUT2D eigenvalue weighted by molar-refractivity contribution is -0.125. The summed E-state index contributed by atoms with van der Waals surface area (Å²) in [5.41, 5.74) is 3.17. The zero-order valence-corrected chi connectivity index (χ0v) is 12.2. The number of ether oxygens (including phenoxy) is 1. The van der Waals surface area contributed by atoms with Crippen LogP contribution in [0.25, 0.3) is 10.9 Å². The molecule has 106 valence electrons. The summed E-state index contributed by atoms with van der Waals surface area (Å²) in [5, 5.41) is 4.20. The highest BCUT2D eigenvalue weighted by Gasteiger charge is 2.44. The van der Waals surface area contributed by atoms with Crippen molar-refractivity contribution in [3.63, 3.8) is 0 Å². The number of carbonyl (C=O) groups is 1. The second-order valence-corrected chi connectivity index (χ2v) is 5.88. The van der Waals surface area contributed by atoms with E-state index in [2.05, 4.69) is 17.2 Å². The van der Waals surface area contributed by atoms with Gasteiger partial charge < -0.3 is 15.0 Å². The van der Waals surface area contributed by atoms with E-state index in [-0.39, 0.29) is 11.3 Å². The van der Waals surface area contributed by atoms with Crippen LogP contribution in [0.3, 0.4) is 0 Å². The van der Waals surface area contributed by atoms with Gasteiger partial charge in [-0.25, -0.2) is 0 Å². The number of methoxy groups -OCH3 is 1. The van der Waals surface area contributed by atoms with Gasteiger partial charge in [-0.2, -0.15) is 0 Å². The average molecular weight is 272 g/mol. The van der Waals surface area contributed by atoms with Gasteiger partial charge >= 0.3 is 0 Å². The number of amides is 1. The zero-order chi connectivity index (χ0) is 14.3. The fourth-order valence-electron chi connectivity index (χ4n) is 2.47. The molecule has 1 amide bonds. The van der Waals surface area contributed by atoms with Crippen LogP contribution in [-0.2, 0) is 11.3 Å². The largest absolute Gasteiger partial charge is 0.497 e. The highest BCUT2D eigenvalue weighted by molar-refractivity contribution is 5.87. The van der Waals surface area contributed by atoms with Crippen LogP contribution >= 0.6 is 0 Å². The number of hydrogen-bond donors (Lipinski definition) is 2. The van der Waals surface area contributed by atoms with Gasteiger partial charge in [-0.05, 0) is 37.5 Å². The lowest BCUT2D eigenvalue weighted by atomic mass is 10.1. The molecule has 4 nitrogen and oxygen atoms in total. The Morgan fingerprint density at radius 2 is 2.20 bits per heavy atom. The smallest absolute Gasteiger partial charge is 0.226 e. The highest BCUT2D eigenvalue weighted by Crippen LogP contribution is 2.45. The predicted octanol–water partition coefficient (Wildman–Crippen LogP) is 2.90. The molecule has 3 rings (SSSR count). The summed E-state index contributed by atoms with van der Waals surface area (Å²) in [5.74, 6) is 0.993. The van der Waals surface area contributed by atoms with Crippen molar-refractivity contribution in [3.8, 4) is 5.75 Å². The topological polar surface area (TPSA) is 54.1 Å². The van der Waals surface area contributed by atoms with Crippen molar-refractivity contribution in [1.29, 1.82) is 0 Å². The molecule has 1 aliphatic rings. The maximum atomic E-state index is 12.0. The third-order valence-corrected chi connectivity index (χ3v) is 4.34. The standard InChI is InChI=1S/C16H20N2O2/c1-10-12-5-4-11(20-3)8-13(12)18-14(10)9-17-15(19)16(2)6-7-16/h4-5,8,18H,6-7,9H2,1-3H3,(H,17,19). The number of aryl methyl sites for hydroxylation is 1. The Kier molecular flexibility index (Phi) is 2.96. The lowest BCUT2D eigenvalue weighted by Gasteiger charge is -2.09. The second kappa shape index (κ2) is 4.54. The molecule has 0 aliphatic heterocycles. The van der Waals surface area contributed by atoms with E-state index in [0.717, 1.165) is 29.8 Å². The molecule has 0 spiro atoms. The minimum Gasteiger partial charge on any atom is -0.497 e. The fraction of sp³-hybridized carbons (Fsp3) is 0.438. The average Bonchev–Trinajstić information content (AvgIpc) is 3.13. The normalized spacial score (nSPS) is 16.1. The van der Waals surface area contributed by atoms with Crippen LogP contribution in [0, 0.1) is 12.3 Å². The Balaban J connectivity index is 1.81. The zero-order valence-electron chi connectivity index (χ0n) is 12.2. The SMILES string of the molecule is COc1ccc2c(C)c(CNC(=O)C3(C)CC3)[nH]c2c1. The van der Waals surface area contributed by atoms with Gasteiger partial charge in [0.15, 0.2) is 0 Å². The number of H-pyrrole nitrogens is 1. The third-order valence-electron chi connectivity index (χ3n) is 4.34. The molecular formula is C16H20N2O2. The van der Waals surface area contributed by atoms with E-state index in [1.54, 1.807) is 7.11 Å². The number of benzene rings is 1. The molecule has 2 aromatic rings. The van der Waals surface area contributed by atoms with Gasteiger partial charge in [0.2, 0.25) is 5.91 Å². The summed E-state index contributed by atoms with van der Waals surface area (Å²) in [6.45, 7) is 4.65. The molecule has 1 aromatic carbocycles. The molecule has 1 fully saturated rings. The Hall–Kier alpha value is -1.97. The first-order valence-corrected chi connectivity index (χ1v) is 6.97. The molecule has 1 aliphatic carbocycles. The predicted molar refractivity (Wildman–Crippen MR) is 78.8 cm³/mol. The number of nitrogens with one attached hydrogen (secondary N) is 2.